The molecule has 0 spiro atoms. The van der Waals surface area contributed by atoms with Gasteiger partial charge in [0.2, 0.25) is 11.8 Å². The Kier molecular flexibility index (Phi) is 12.4. The summed E-state index contributed by atoms with van der Waals surface area (Å²) in [5, 5.41) is 5.95. The lowest BCUT2D eigenvalue weighted by molar-refractivity contribution is -0.143. The summed E-state index contributed by atoms with van der Waals surface area (Å²) in [6.07, 6.45) is 3.37. The van der Waals surface area contributed by atoms with Crippen molar-refractivity contribution in [3.8, 4) is 0 Å². The second-order valence-corrected chi connectivity index (χ2v) is 13.0. The van der Waals surface area contributed by atoms with Gasteiger partial charge in [0, 0.05) is 18.5 Å². The second-order valence-electron chi connectivity index (χ2n) is 13.0. The molecule has 0 aliphatic carbocycles. The molecule has 0 heterocycles. The highest BCUT2D eigenvalue weighted by Crippen LogP contribution is 2.27. The lowest BCUT2D eigenvalue weighted by Crippen LogP contribution is -2.55. The van der Waals surface area contributed by atoms with Gasteiger partial charge in [-0.25, -0.2) is 4.79 Å². The van der Waals surface area contributed by atoms with Crippen molar-refractivity contribution in [2.24, 2.45) is 0 Å². The Morgan fingerprint density at radius 2 is 1.49 bits per heavy atom. The van der Waals surface area contributed by atoms with E-state index in [1.165, 1.54) is 0 Å². The highest BCUT2D eigenvalue weighted by Gasteiger charge is 2.37. The molecule has 2 N–H and O–H groups in total. The maximum Gasteiger partial charge on any atom is 0.408 e. The van der Waals surface area contributed by atoms with E-state index in [-0.39, 0.29) is 18.2 Å². The first-order valence-electron chi connectivity index (χ1n) is 14.8. The minimum Gasteiger partial charge on any atom is -0.444 e. The normalized spacial score (nSPS) is 13.2. The van der Waals surface area contributed by atoms with Gasteiger partial charge in [-0.05, 0) is 72.9 Å². The molecule has 2 atom stereocenters. The summed E-state index contributed by atoms with van der Waals surface area (Å²) in [6, 6.07) is 13.8. The molecule has 226 valence electrons. The number of nitrogens with one attached hydrogen (secondary N) is 2. The molecule has 0 aliphatic heterocycles. The minimum atomic E-state index is -0.922. The Hall–Kier alpha value is -3.35. The molecule has 3 amide bonds. The lowest BCUT2D eigenvalue weighted by atomic mass is 9.96. The number of benzene rings is 2. The van der Waals surface area contributed by atoms with Crippen molar-refractivity contribution in [2.45, 2.75) is 118 Å². The zero-order valence-electron chi connectivity index (χ0n) is 26.6. The number of aryl methyl sites for hydroxylation is 2. The van der Waals surface area contributed by atoms with Crippen LogP contribution >= 0.6 is 0 Å². The average molecular weight is 566 g/mol. The zero-order valence-corrected chi connectivity index (χ0v) is 26.6. The van der Waals surface area contributed by atoms with E-state index in [4.69, 9.17) is 4.74 Å². The van der Waals surface area contributed by atoms with Gasteiger partial charge >= 0.3 is 6.09 Å². The molecular weight excluding hydrogens is 514 g/mol. The van der Waals surface area contributed by atoms with E-state index in [2.05, 4.69) is 23.6 Å². The SMILES string of the molecule is CCCCCCN(C(=O)C(Cc1ccccc1)NC(=O)OC(C)(C)C)C(C(=O)NC(C)(C)C)c1cc(C)cc(C)c1. The van der Waals surface area contributed by atoms with Gasteiger partial charge in [-0.2, -0.15) is 0 Å². The third-order valence-corrected chi connectivity index (χ3v) is 6.43. The average Bonchev–Trinajstić information content (AvgIpc) is 2.82. The fourth-order valence-corrected chi connectivity index (χ4v) is 4.85. The van der Waals surface area contributed by atoms with E-state index >= 15 is 0 Å². The lowest BCUT2D eigenvalue weighted by Gasteiger charge is -2.36. The molecule has 0 radical (unpaired) electrons. The molecule has 2 aromatic carbocycles. The Balaban J connectivity index is 2.61. The number of hydrogen-bond donors (Lipinski definition) is 2. The van der Waals surface area contributed by atoms with Crippen molar-refractivity contribution in [1.82, 2.24) is 15.5 Å². The number of carbonyl (C=O) groups excluding carboxylic acids is 3. The van der Waals surface area contributed by atoms with Gasteiger partial charge in [-0.3, -0.25) is 9.59 Å². The minimum absolute atomic E-state index is 0.248. The topological polar surface area (TPSA) is 87.7 Å². The molecule has 7 nitrogen and oxygen atoms in total. The molecule has 2 unspecified atom stereocenters. The third-order valence-electron chi connectivity index (χ3n) is 6.43. The predicted octanol–water partition coefficient (Wildman–Crippen LogP) is 6.80. The summed E-state index contributed by atoms with van der Waals surface area (Å²) in [6.45, 7) is 17.6. The molecule has 0 bridgehead atoms. The van der Waals surface area contributed by atoms with Crippen LogP contribution in [0, 0.1) is 13.8 Å². The van der Waals surface area contributed by atoms with Crippen molar-refractivity contribution < 1.29 is 19.1 Å². The summed E-state index contributed by atoms with van der Waals surface area (Å²) in [5.41, 5.74) is 2.46. The first-order chi connectivity index (χ1) is 19.1. The van der Waals surface area contributed by atoms with Crippen LogP contribution < -0.4 is 10.6 Å². The first-order valence-corrected chi connectivity index (χ1v) is 14.8. The molecule has 0 saturated heterocycles. The number of unbranched alkanes of at least 4 members (excludes halogenated alkanes) is 3. The van der Waals surface area contributed by atoms with Gasteiger partial charge in [-0.15, -0.1) is 0 Å². The number of nitrogens with zero attached hydrogens (tertiary/aromatic N) is 1. The maximum absolute atomic E-state index is 14.5. The van der Waals surface area contributed by atoms with Crippen LogP contribution in [0.25, 0.3) is 0 Å². The molecule has 0 saturated carbocycles. The van der Waals surface area contributed by atoms with E-state index in [9.17, 15) is 14.4 Å². The van der Waals surface area contributed by atoms with Crippen molar-refractivity contribution in [2.75, 3.05) is 6.54 Å². The van der Waals surface area contributed by atoms with Crippen LogP contribution in [-0.2, 0) is 20.7 Å². The molecular formula is C34H51N3O4. The van der Waals surface area contributed by atoms with Gasteiger partial charge in [0.05, 0.1) is 0 Å². The second kappa shape index (κ2) is 15.0. The van der Waals surface area contributed by atoms with Crippen molar-refractivity contribution in [3.05, 3.63) is 70.8 Å². The van der Waals surface area contributed by atoms with Crippen LogP contribution in [0.4, 0.5) is 4.79 Å². The van der Waals surface area contributed by atoms with E-state index in [0.717, 1.165) is 47.9 Å². The fraction of sp³-hybridized carbons (Fsp3) is 0.559. The molecule has 0 aromatic heterocycles. The maximum atomic E-state index is 14.5. The predicted molar refractivity (Wildman–Crippen MR) is 166 cm³/mol. The summed E-state index contributed by atoms with van der Waals surface area (Å²) in [4.78, 5) is 43.1. The van der Waals surface area contributed by atoms with Crippen LogP contribution in [0.1, 0.15) is 102 Å². The molecule has 41 heavy (non-hydrogen) atoms. The quantitative estimate of drug-likeness (QED) is 0.277. The van der Waals surface area contributed by atoms with E-state index in [0.29, 0.717) is 6.54 Å². The van der Waals surface area contributed by atoms with Gasteiger partial charge in [-0.1, -0.05) is 85.8 Å². The Morgan fingerprint density at radius 3 is 2.02 bits per heavy atom. The fourth-order valence-electron chi connectivity index (χ4n) is 4.85. The first kappa shape index (κ1) is 33.9. The van der Waals surface area contributed by atoms with Gasteiger partial charge < -0.3 is 20.3 Å². The third kappa shape index (κ3) is 12.0. The van der Waals surface area contributed by atoms with Crippen LogP contribution in [0.3, 0.4) is 0 Å². The van der Waals surface area contributed by atoms with Crippen molar-refractivity contribution >= 4 is 17.9 Å². The number of rotatable bonds is 12. The summed E-state index contributed by atoms with van der Waals surface area (Å²) < 4.78 is 5.54. The summed E-state index contributed by atoms with van der Waals surface area (Å²) in [5.74, 6) is -0.563. The van der Waals surface area contributed by atoms with Crippen LogP contribution in [0.5, 0.6) is 0 Å². The molecule has 2 rings (SSSR count). The van der Waals surface area contributed by atoms with Crippen LogP contribution in [0.2, 0.25) is 0 Å². The standard InChI is InChI=1S/C34H51N3O4/c1-10-11-12-16-19-37(29(30(38)36-33(4,5)6)27-21-24(2)20-25(3)22-27)31(39)28(23-26-17-14-13-15-18-26)35-32(40)41-34(7,8)9/h13-15,17-18,20-22,28-29H,10-12,16,19,23H2,1-9H3,(H,35,40)(H,36,38). The van der Waals surface area contributed by atoms with Crippen LogP contribution in [0.15, 0.2) is 48.5 Å². The Bertz CT molecular complexity index is 1130. The van der Waals surface area contributed by atoms with Crippen molar-refractivity contribution in [1.29, 1.82) is 0 Å². The highest BCUT2D eigenvalue weighted by molar-refractivity contribution is 5.92. The Labute approximate surface area is 247 Å². The van der Waals surface area contributed by atoms with E-state index < -0.39 is 29.3 Å². The molecule has 0 fully saturated rings. The number of ether oxygens (including phenoxy) is 1. The highest BCUT2D eigenvalue weighted by atomic mass is 16.6. The van der Waals surface area contributed by atoms with Gasteiger partial charge in [0.1, 0.15) is 17.7 Å². The van der Waals surface area contributed by atoms with Gasteiger partial charge in [0.15, 0.2) is 0 Å². The smallest absolute Gasteiger partial charge is 0.408 e. The van der Waals surface area contributed by atoms with Gasteiger partial charge in [0.25, 0.3) is 0 Å². The molecule has 7 heteroatoms. The zero-order chi connectivity index (χ0) is 30.8. The number of alkyl carbamates (subject to hydrolysis) is 1. The monoisotopic (exact) mass is 565 g/mol. The Morgan fingerprint density at radius 1 is 0.878 bits per heavy atom. The van der Waals surface area contributed by atoms with E-state index in [1.807, 2.05) is 77.1 Å². The number of amides is 3. The van der Waals surface area contributed by atoms with E-state index in [1.54, 1.807) is 25.7 Å². The number of hydrogen-bond acceptors (Lipinski definition) is 4. The van der Waals surface area contributed by atoms with Crippen molar-refractivity contribution in [3.63, 3.8) is 0 Å². The number of carbonyl (C=O) groups is 3. The molecule has 2 aromatic rings. The van der Waals surface area contributed by atoms with Crippen LogP contribution in [-0.4, -0.2) is 46.5 Å². The molecule has 0 aliphatic rings. The summed E-state index contributed by atoms with van der Waals surface area (Å²) in [7, 11) is 0. The largest absolute Gasteiger partial charge is 0.444 e. The summed E-state index contributed by atoms with van der Waals surface area (Å²) >= 11 is 0.